The van der Waals surface area contributed by atoms with Crippen LogP contribution in [0.25, 0.3) is 0 Å². The molecule has 5 nitrogen and oxygen atoms in total. The summed E-state index contributed by atoms with van der Waals surface area (Å²) >= 11 is 3.19. The van der Waals surface area contributed by atoms with E-state index in [1.54, 1.807) is 0 Å². The molecule has 41 heavy (non-hydrogen) atoms. The first-order valence-corrected chi connectivity index (χ1v) is 14.6. The molecule has 1 saturated heterocycles. The van der Waals surface area contributed by atoms with Crippen LogP contribution < -0.4 is 0 Å². The summed E-state index contributed by atoms with van der Waals surface area (Å²) < 4.78 is 32.4. The molecule has 4 aromatic carbocycles. The van der Waals surface area contributed by atoms with E-state index in [1.165, 1.54) is 0 Å². The molecule has 4 aromatic rings. The summed E-state index contributed by atoms with van der Waals surface area (Å²) in [7, 11) is 0. The Morgan fingerprint density at radius 1 is 0.488 bits per heavy atom. The van der Waals surface area contributed by atoms with Crippen LogP contribution in [0.5, 0.6) is 0 Å². The molecule has 0 spiro atoms. The molecule has 0 amide bonds. The van der Waals surface area contributed by atoms with E-state index in [0.29, 0.717) is 33.0 Å². The number of ether oxygens (including phenoxy) is 5. The quantitative estimate of drug-likeness (QED) is 0.159. The second-order valence-electron chi connectivity index (χ2n) is 9.83. The molecule has 0 bridgehead atoms. The first kappa shape index (κ1) is 31.9. The fourth-order valence-corrected chi connectivity index (χ4v) is 5.54. The van der Waals surface area contributed by atoms with Gasteiger partial charge in [0.25, 0.3) is 0 Å². The summed E-state index contributed by atoms with van der Waals surface area (Å²) in [6.45, 7) is 2.17. The maximum absolute atomic E-state index is 6.63. The summed E-state index contributed by atoms with van der Waals surface area (Å²) in [5.41, 5.74) is 4.37. The SMILES string of the molecule is [Au].[Se]C1OC(COCc2ccccc2)C(OCc2ccccc2)C(OCc2ccccc2)C1OCc1ccccc1. The predicted molar refractivity (Wildman–Crippen MR) is 156 cm³/mol. The van der Waals surface area contributed by atoms with Crippen LogP contribution in [-0.4, -0.2) is 52.0 Å². The van der Waals surface area contributed by atoms with Crippen LogP contribution in [0.2, 0.25) is 0 Å². The van der Waals surface area contributed by atoms with E-state index in [9.17, 15) is 0 Å². The Morgan fingerprint density at radius 2 is 0.854 bits per heavy atom. The van der Waals surface area contributed by atoms with E-state index in [2.05, 4.69) is 64.5 Å². The van der Waals surface area contributed by atoms with Crippen molar-refractivity contribution in [2.75, 3.05) is 6.61 Å². The standard InChI is InChI=1S/C34H35O5Se.Au/c40-34-33(38-24-29-19-11-4-12-20-29)32(37-23-28-17-9-3-10-18-28)31(36-22-27-15-7-2-8-16-27)30(39-34)25-35-21-26-13-5-1-6-14-26;/h1-20,30-34H,21-25H2;. The van der Waals surface area contributed by atoms with E-state index in [-0.39, 0.29) is 39.6 Å². The van der Waals surface area contributed by atoms with Crippen LogP contribution in [0.3, 0.4) is 0 Å². The van der Waals surface area contributed by atoms with Gasteiger partial charge in [0, 0.05) is 22.4 Å². The number of benzene rings is 4. The third kappa shape index (κ3) is 9.74. The molecule has 5 unspecified atom stereocenters. The van der Waals surface area contributed by atoms with Crippen LogP contribution >= 0.6 is 0 Å². The zero-order chi connectivity index (χ0) is 27.4. The van der Waals surface area contributed by atoms with Crippen LogP contribution in [0, 0.1) is 0 Å². The van der Waals surface area contributed by atoms with Gasteiger partial charge in [0.15, 0.2) is 0 Å². The van der Waals surface area contributed by atoms with E-state index < -0.39 is 12.2 Å². The zero-order valence-corrected chi connectivity index (χ0v) is 26.6. The van der Waals surface area contributed by atoms with Crippen LogP contribution in [0.15, 0.2) is 121 Å². The summed E-state index contributed by atoms with van der Waals surface area (Å²) in [6, 6.07) is 40.6. The van der Waals surface area contributed by atoms with Crippen molar-refractivity contribution >= 4 is 16.0 Å². The normalized spacial score (nSPS) is 22.1. The first-order chi connectivity index (χ1) is 19.8. The Labute approximate surface area is 266 Å². The molecule has 218 valence electrons. The minimum atomic E-state index is -0.412. The van der Waals surface area contributed by atoms with E-state index in [1.807, 2.05) is 72.8 Å². The average Bonchev–Trinajstić information content (AvgIpc) is 3.01. The van der Waals surface area contributed by atoms with Crippen molar-refractivity contribution in [2.45, 2.75) is 55.8 Å². The molecular formula is C34H35AuO5Se. The van der Waals surface area contributed by atoms with Gasteiger partial charge in [0.1, 0.15) is 0 Å². The molecule has 0 N–H and O–H groups in total. The van der Waals surface area contributed by atoms with Gasteiger partial charge in [-0.15, -0.1) is 0 Å². The van der Waals surface area contributed by atoms with Crippen molar-refractivity contribution in [2.24, 2.45) is 0 Å². The van der Waals surface area contributed by atoms with Crippen LogP contribution in [0.4, 0.5) is 0 Å². The van der Waals surface area contributed by atoms with Gasteiger partial charge in [-0.05, 0) is 0 Å². The van der Waals surface area contributed by atoms with Crippen molar-refractivity contribution in [3.63, 3.8) is 0 Å². The van der Waals surface area contributed by atoms with Crippen LogP contribution in [0.1, 0.15) is 22.3 Å². The Hall–Kier alpha value is -2.06. The van der Waals surface area contributed by atoms with Crippen molar-refractivity contribution in [3.05, 3.63) is 144 Å². The fourth-order valence-electron chi connectivity index (χ4n) is 4.75. The van der Waals surface area contributed by atoms with E-state index in [0.717, 1.165) is 22.3 Å². The maximum atomic E-state index is 6.63. The van der Waals surface area contributed by atoms with Crippen molar-refractivity contribution in [1.29, 1.82) is 0 Å². The van der Waals surface area contributed by atoms with Gasteiger partial charge in [0.2, 0.25) is 0 Å². The summed E-state index contributed by atoms with van der Waals surface area (Å²) in [5.74, 6) is 0. The zero-order valence-electron chi connectivity index (χ0n) is 22.7. The van der Waals surface area contributed by atoms with Gasteiger partial charge in [0.05, 0.1) is 0 Å². The number of rotatable bonds is 13. The fraction of sp³-hybridized carbons (Fsp3) is 0.294. The second-order valence-corrected chi connectivity index (χ2v) is 10.8. The summed E-state index contributed by atoms with van der Waals surface area (Å²) in [5, 5.41) is -0.341. The molecule has 7 heteroatoms. The topological polar surface area (TPSA) is 46.2 Å². The van der Waals surface area contributed by atoms with Gasteiger partial charge < -0.3 is 0 Å². The Balaban J connectivity index is 0.00000387. The Bertz CT molecular complexity index is 1250. The second kappa shape index (κ2) is 17.2. The first-order valence-electron chi connectivity index (χ1n) is 13.7. The molecule has 1 aliphatic heterocycles. The average molecular weight is 800 g/mol. The molecule has 1 fully saturated rings. The summed E-state index contributed by atoms with van der Waals surface area (Å²) in [4.78, 5) is 0. The van der Waals surface area contributed by atoms with E-state index >= 15 is 0 Å². The van der Waals surface area contributed by atoms with Crippen molar-refractivity contribution < 1.29 is 46.1 Å². The minimum absolute atomic E-state index is 0. The molecule has 0 aliphatic carbocycles. The molecule has 5 atom stereocenters. The molecule has 2 radical (unpaired) electrons. The van der Waals surface area contributed by atoms with E-state index in [4.69, 9.17) is 23.7 Å². The van der Waals surface area contributed by atoms with Gasteiger partial charge >= 0.3 is 246 Å². The monoisotopic (exact) mass is 800 g/mol. The molecular weight excluding hydrogens is 764 g/mol. The molecule has 5 rings (SSSR count). The molecule has 1 heterocycles. The van der Waals surface area contributed by atoms with Crippen molar-refractivity contribution in [3.8, 4) is 0 Å². The van der Waals surface area contributed by atoms with Gasteiger partial charge in [-0.1, -0.05) is 0 Å². The van der Waals surface area contributed by atoms with Gasteiger partial charge in [-0.25, -0.2) is 0 Å². The van der Waals surface area contributed by atoms with Gasteiger partial charge in [-0.2, -0.15) is 0 Å². The predicted octanol–water partition coefficient (Wildman–Crippen LogP) is 5.85. The Kier molecular flexibility index (Phi) is 13.3. The number of hydrogen-bond donors (Lipinski definition) is 0. The summed E-state index contributed by atoms with van der Waals surface area (Å²) in [6.07, 6.45) is -1.53. The Morgan fingerprint density at radius 3 is 1.29 bits per heavy atom. The van der Waals surface area contributed by atoms with Gasteiger partial charge in [-0.3, -0.25) is 0 Å². The molecule has 0 saturated carbocycles. The molecule has 1 aliphatic rings. The third-order valence-corrected chi connectivity index (χ3v) is 7.64. The number of hydrogen-bond acceptors (Lipinski definition) is 5. The molecule has 0 aromatic heterocycles. The van der Waals surface area contributed by atoms with Crippen LogP contribution in [-0.2, 0) is 72.5 Å². The third-order valence-electron chi connectivity index (χ3n) is 6.84. The van der Waals surface area contributed by atoms with Crippen molar-refractivity contribution in [1.82, 2.24) is 0 Å².